The Morgan fingerprint density at radius 3 is 2.70 bits per heavy atom. The number of carbonyl (C=O) groups is 2. The van der Waals surface area contributed by atoms with E-state index in [1.54, 1.807) is 16.3 Å². The molecule has 0 aliphatic heterocycles. The summed E-state index contributed by atoms with van der Waals surface area (Å²) in [5.41, 5.74) is 0.348. The number of carbonyl (C=O) groups excluding carboxylic acids is 1. The van der Waals surface area contributed by atoms with Gasteiger partial charge in [-0.3, -0.25) is 9.59 Å². The van der Waals surface area contributed by atoms with Gasteiger partial charge >= 0.3 is 5.97 Å². The second-order valence-electron chi connectivity index (χ2n) is 5.43. The van der Waals surface area contributed by atoms with Crippen molar-refractivity contribution in [3.63, 3.8) is 0 Å². The van der Waals surface area contributed by atoms with E-state index in [2.05, 4.69) is 4.98 Å². The molecule has 0 saturated carbocycles. The van der Waals surface area contributed by atoms with Crippen LogP contribution in [0.15, 0.2) is 17.5 Å². The number of rotatable bonds is 7. The molecule has 0 unspecified atom stereocenters. The van der Waals surface area contributed by atoms with E-state index < -0.39 is 5.97 Å². The third kappa shape index (κ3) is 5.02. The molecule has 0 aliphatic rings. The van der Waals surface area contributed by atoms with Crippen molar-refractivity contribution < 1.29 is 14.7 Å². The Bertz CT molecular complexity index is 696. The van der Waals surface area contributed by atoms with E-state index in [1.807, 2.05) is 19.9 Å². The van der Waals surface area contributed by atoms with Gasteiger partial charge in [-0.25, -0.2) is 4.98 Å². The zero-order valence-corrected chi connectivity index (χ0v) is 15.2. The quantitative estimate of drug-likeness (QED) is 0.794. The number of carboxylic acids is 1. The van der Waals surface area contributed by atoms with Crippen LogP contribution in [0.25, 0.3) is 9.88 Å². The molecule has 23 heavy (non-hydrogen) atoms. The van der Waals surface area contributed by atoms with Crippen LogP contribution < -0.4 is 0 Å². The fourth-order valence-electron chi connectivity index (χ4n) is 2.02. The summed E-state index contributed by atoms with van der Waals surface area (Å²) in [7, 11) is 0. The van der Waals surface area contributed by atoms with E-state index in [9.17, 15) is 9.59 Å². The summed E-state index contributed by atoms with van der Waals surface area (Å²) in [6, 6.07) is 3.67. The van der Waals surface area contributed by atoms with Gasteiger partial charge in [0, 0.05) is 18.5 Å². The minimum atomic E-state index is -0.918. The predicted octanol–water partition coefficient (Wildman–Crippen LogP) is 4.10. The molecule has 0 bridgehead atoms. The van der Waals surface area contributed by atoms with Gasteiger partial charge in [-0.2, -0.15) is 0 Å². The number of hydrogen-bond acceptors (Lipinski definition) is 5. The van der Waals surface area contributed by atoms with Gasteiger partial charge in [-0.1, -0.05) is 25.4 Å². The SMILES string of the molecule is CC(C)CN(CCC(=O)O)C(=O)c1csc(-c2ccc(Cl)s2)n1. The van der Waals surface area contributed by atoms with Crippen molar-refractivity contribution in [1.29, 1.82) is 0 Å². The van der Waals surface area contributed by atoms with Gasteiger partial charge in [-0.05, 0) is 18.1 Å². The molecule has 0 spiro atoms. The minimum Gasteiger partial charge on any atom is -0.481 e. The highest BCUT2D eigenvalue weighted by Gasteiger charge is 2.21. The maximum Gasteiger partial charge on any atom is 0.305 e. The Balaban J connectivity index is 2.15. The molecule has 0 fully saturated rings. The van der Waals surface area contributed by atoms with Crippen LogP contribution in [0, 0.1) is 5.92 Å². The lowest BCUT2D eigenvalue weighted by Crippen LogP contribution is -2.36. The van der Waals surface area contributed by atoms with Gasteiger partial charge in [0.1, 0.15) is 10.7 Å². The van der Waals surface area contributed by atoms with Crippen molar-refractivity contribution in [2.24, 2.45) is 5.92 Å². The van der Waals surface area contributed by atoms with Crippen molar-refractivity contribution >= 4 is 46.2 Å². The molecule has 2 aromatic heterocycles. The van der Waals surface area contributed by atoms with Crippen LogP contribution >= 0.6 is 34.3 Å². The summed E-state index contributed by atoms with van der Waals surface area (Å²) in [6.07, 6.45) is -0.0734. The van der Waals surface area contributed by atoms with E-state index in [-0.39, 0.29) is 24.8 Å². The van der Waals surface area contributed by atoms with Crippen LogP contribution in [0.5, 0.6) is 0 Å². The van der Waals surface area contributed by atoms with Crippen LogP contribution in [0.1, 0.15) is 30.8 Å². The van der Waals surface area contributed by atoms with Crippen molar-refractivity contribution in [3.05, 3.63) is 27.5 Å². The molecule has 0 radical (unpaired) electrons. The van der Waals surface area contributed by atoms with E-state index in [1.165, 1.54) is 22.7 Å². The van der Waals surface area contributed by atoms with Gasteiger partial charge in [0.05, 0.1) is 15.6 Å². The van der Waals surface area contributed by atoms with Gasteiger partial charge < -0.3 is 10.0 Å². The highest BCUT2D eigenvalue weighted by molar-refractivity contribution is 7.23. The number of halogens is 1. The average molecular weight is 373 g/mol. The summed E-state index contributed by atoms with van der Waals surface area (Å²) in [6.45, 7) is 4.66. The number of thiazole rings is 1. The number of aromatic nitrogens is 1. The predicted molar refractivity (Wildman–Crippen MR) is 93.4 cm³/mol. The highest BCUT2D eigenvalue weighted by Crippen LogP contribution is 2.33. The van der Waals surface area contributed by atoms with Gasteiger partial charge in [0.25, 0.3) is 5.91 Å². The lowest BCUT2D eigenvalue weighted by atomic mass is 10.2. The van der Waals surface area contributed by atoms with Gasteiger partial charge in [0.15, 0.2) is 0 Å². The van der Waals surface area contributed by atoms with Crippen LogP contribution in [0.2, 0.25) is 4.34 Å². The fraction of sp³-hybridized carbons (Fsp3) is 0.400. The first kappa shape index (κ1) is 17.9. The molecule has 2 rings (SSSR count). The smallest absolute Gasteiger partial charge is 0.305 e. The Morgan fingerprint density at radius 1 is 1.39 bits per heavy atom. The molecule has 0 aliphatic carbocycles. The summed E-state index contributed by atoms with van der Waals surface area (Å²) in [5, 5.41) is 11.3. The van der Waals surface area contributed by atoms with Gasteiger partial charge in [-0.15, -0.1) is 22.7 Å². The molecule has 0 atom stereocenters. The molecule has 8 heteroatoms. The first-order valence-corrected chi connectivity index (χ1v) is 9.16. The minimum absolute atomic E-state index is 0.0734. The molecule has 1 amide bonds. The van der Waals surface area contributed by atoms with E-state index in [0.717, 1.165) is 9.88 Å². The molecule has 5 nitrogen and oxygen atoms in total. The number of aliphatic carboxylic acids is 1. The van der Waals surface area contributed by atoms with Crippen LogP contribution in [0.4, 0.5) is 0 Å². The molecule has 0 aromatic carbocycles. The first-order valence-electron chi connectivity index (χ1n) is 7.09. The number of nitrogens with zero attached hydrogens (tertiary/aromatic N) is 2. The van der Waals surface area contributed by atoms with Crippen LogP contribution in [-0.4, -0.2) is 40.0 Å². The largest absolute Gasteiger partial charge is 0.481 e. The molecule has 2 aromatic rings. The molecular formula is C15H17ClN2O3S2. The third-order valence-corrected chi connectivity index (χ3v) is 5.22. The first-order chi connectivity index (χ1) is 10.9. The standard InChI is InChI=1S/C15H17ClN2O3S2/c1-9(2)7-18(6-5-13(19)20)15(21)10-8-22-14(17-10)11-3-4-12(16)23-11/h3-4,8-9H,5-7H2,1-2H3,(H,19,20). The summed E-state index contributed by atoms with van der Waals surface area (Å²) in [5.74, 6) is -0.897. The zero-order valence-electron chi connectivity index (χ0n) is 12.8. The van der Waals surface area contributed by atoms with Crippen molar-refractivity contribution in [3.8, 4) is 9.88 Å². The molecular weight excluding hydrogens is 356 g/mol. The second-order valence-corrected chi connectivity index (χ2v) is 8.00. The van der Waals surface area contributed by atoms with E-state index in [4.69, 9.17) is 16.7 Å². The third-order valence-electron chi connectivity index (χ3n) is 2.98. The van der Waals surface area contributed by atoms with Crippen molar-refractivity contribution in [2.45, 2.75) is 20.3 Å². The fourth-order valence-corrected chi connectivity index (χ4v) is 3.93. The van der Waals surface area contributed by atoms with Crippen LogP contribution in [-0.2, 0) is 4.79 Å². The maximum absolute atomic E-state index is 12.6. The summed E-state index contributed by atoms with van der Waals surface area (Å²) < 4.78 is 0.672. The van der Waals surface area contributed by atoms with Crippen LogP contribution in [0.3, 0.4) is 0 Å². The monoisotopic (exact) mass is 372 g/mol. The Morgan fingerprint density at radius 2 is 2.13 bits per heavy atom. The number of amides is 1. The summed E-state index contributed by atoms with van der Waals surface area (Å²) >= 11 is 8.71. The van der Waals surface area contributed by atoms with Crippen molar-refractivity contribution in [1.82, 2.24) is 9.88 Å². The molecule has 0 saturated heterocycles. The van der Waals surface area contributed by atoms with Crippen molar-refractivity contribution in [2.75, 3.05) is 13.1 Å². The Kier molecular flexibility index (Phi) is 6.15. The second kappa shape index (κ2) is 7.90. The summed E-state index contributed by atoms with van der Waals surface area (Å²) in [4.78, 5) is 30.2. The number of thiophene rings is 1. The normalized spacial score (nSPS) is 11.0. The highest BCUT2D eigenvalue weighted by atomic mass is 35.5. The lowest BCUT2D eigenvalue weighted by Gasteiger charge is -2.23. The van der Waals surface area contributed by atoms with Gasteiger partial charge in [0.2, 0.25) is 0 Å². The topological polar surface area (TPSA) is 70.5 Å². The maximum atomic E-state index is 12.6. The Hall–Kier alpha value is -1.44. The molecule has 2 heterocycles. The lowest BCUT2D eigenvalue weighted by molar-refractivity contribution is -0.137. The van der Waals surface area contributed by atoms with E-state index in [0.29, 0.717) is 16.6 Å². The average Bonchev–Trinajstić information content (AvgIpc) is 3.10. The number of carboxylic acid groups (broad SMARTS) is 1. The zero-order chi connectivity index (χ0) is 17.0. The number of hydrogen-bond donors (Lipinski definition) is 1. The Labute approximate surface area is 147 Å². The molecule has 1 N–H and O–H groups in total. The van der Waals surface area contributed by atoms with E-state index >= 15 is 0 Å². The molecule has 124 valence electrons.